The number of nitrogens with zero attached hydrogens (tertiary/aromatic N) is 1. The van der Waals surface area contributed by atoms with E-state index in [0.717, 1.165) is 6.54 Å². The number of urea groups is 1. The van der Waals surface area contributed by atoms with Gasteiger partial charge in [0.2, 0.25) is 0 Å². The van der Waals surface area contributed by atoms with Crippen molar-refractivity contribution < 1.29 is 9.53 Å². The van der Waals surface area contributed by atoms with Gasteiger partial charge >= 0.3 is 6.03 Å². The predicted molar refractivity (Wildman–Crippen MR) is 60.0 cm³/mol. The van der Waals surface area contributed by atoms with Crippen molar-refractivity contribution in [3.05, 3.63) is 30.3 Å². The number of rotatable bonds is 2. The Bertz CT molecular complexity index is 350. The Morgan fingerprint density at radius 1 is 1.62 bits per heavy atom. The second kappa shape index (κ2) is 4.96. The van der Waals surface area contributed by atoms with E-state index < -0.39 is 6.03 Å². The summed E-state index contributed by atoms with van der Waals surface area (Å²) in [5.74, 6) is 0. The van der Waals surface area contributed by atoms with Crippen LogP contribution in [0.2, 0.25) is 0 Å². The number of nitrogens with one attached hydrogen (secondary N) is 1. The highest BCUT2D eigenvalue weighted by Crippen LogP contribution is 2.16. The number of anilines is 1. The fourth-order valence-electron chi connectivity index (χ4n) is 1.67. The van der Waals surface area contributed by atoms with E-state index in [4.69, 9.17) is 10.5 Å². The number of hydrogen-bond donors (Lipinski definition) is 2. The van der Waals surface area contributed by atoms with Crippen molar-refractivity contribution in [1.29, 1.82) is 0 Å². The van der Waals surface area contributed by atoms with Gasteiger partial charge in [-0.25, -0.2) is 4.79 Å². The lowest BCUT2D eigenvalue weighted by molar-refractivity contribution is 0.0317. The van der Waals surface area contributed by atoms with E-state index in [-0.39, 0.29) is 6.23 Å². The average Bonchev–Trinajstić information content (AvgIpc) is 2.31. The van der Waals surface area contributed by atoms with Crippen molar-refractivity contribution in [2.24, 2.45) is 5.73 Å². The molecule has 1 heterocycles. The van der Waals surface area contributed by atoms with Crippen molar-refractivity contribution in [2.45, 2.75) is 6.23 Å². The molecular weight excluding hydrogens is 206 g/mol. The number of amides is 2. The summed E-state index contributed by atoms with van der Waals surface area (Å²) in [6.07, 6.45) is -0.357. The Morgan fingerprint density at radius 3 is 3.06 bits per heavy atom. The Morgan fingerprint density at radius 2 is 2.50 bits per heavy atom. The Kier molecular flexibility index (Phi) is 3.38. The van der Waals surface area contributed by atoms with Crippen LogP contribution in [-0.4, -0.2) is 32.0 Å². The summed E-state index contributed by atoms with van der Waals surface area (Å²) in [5, 5.41) is 3.15. The molecule has 1 aromatic rings. The van der Waals surface area contributed by atoms with Gasteiger partial charge in [-0.15, -0.1) is 0 Å². The van der Waals surface area contributed by atoms with Crippen LogP contribution in [0.25, 0.3) is 0 Å². The molecule has 0 bridgehead atoms. The summed E-state index contributed by atoms with van der Waals surface area (Å²) in [5.41, 5.74) is 5.99. The number of morpholine rings is 1. The van der Waals surface area contributed by atoms with Gasteiger partial charge < -0.3 is 15.8 Å². The molecule has 1 aromatic carbocycles. The SMILES string of the molecule is NC(=O)N(c1[c]cccc1)C1CNCCO1. The van der Waals surface area contributed by atoms with Crippen molar-refractivity contribution in [3.63, 3.8) is 0 Å². The van der Waals surface area contributed by atoms with E-state index in [9.17, 15) is 4.79 Å². The smallest absolute Gasteiger partial charge is 0.321 e. The summed E-state index contributed by atoms with van der Waals surface area (Å²) >= 11 is 0. The lowest BCUT2D eigenvalue weighted by Gasteiger charge is -2.33. The average molecular weight is 220 g/mol. The number of nitrogens with two attached hydrogens (primary N) is 1. The first kappa shape index (κ1) is 10.9. The van der Waals surface area contributed by atoms with Crippen LogP contribution in [-0.2, 0) is 4.74 Å². The molecule has 0 saturated carbocycles. The third kappa shape index (κ3) is 2.32. The van der Waals surface area contributed by atoms with Gasteiger partial charge in [-0.05, 0) is 6.07 Å². The van der Waals surface area contributed by atoms with Crippen LogP contribution >= 0.6 is 0 Å². The van der Waals surface area contributed by atoms with Crippen molar-refractivity contribution >= 4 is 11.7 Å². The molecule has 3 N–H and O–H groups in total. The van der Waals surface area contributed by atoms with Crippen LogP contribution in [0.5, 0.6) is 0 Å². The molecule has 0 aromatic heterocycles. The van der Waals surface area contributed by atoms with Crippen LogP contribution in [0.1, 0.15) is 0 Å². The molecule has 1 saturated heterocycles. The molecule has 1 fully saturated rings. The molecule has 1 unspecified atom stereocenters. The molecule has 1 aliphatic rings. The third-order valence-electron chi connectivity index (χ3n) is 2.39. The summed E-state index contributed by atoms with van der Waals surface area (Å²) in [6.45, 7) is 1.94. The van der Waals surface area contributed by atoms with Crippen LogP contribution in [0, 0.1) is 6.07 Å². The van der Waals surface area contributed by atoms with E-state index in [1.54, 1.807) is 12.1 Å². The Hall–Kier alpha value is -1.59. The van der Waals surface area contributed by atoms with Gasteiger partial charge in [0.1, 0.15) is 0 Å². The molecule has 16 heavy (non-hydrogen) atoms. The highest BCUT2D eigenvalue weighted by atomic mass is 16.5. The normalized spacial score (nSPS) is 20.4. The molecule has 2 amide bonds. The molecule has 0 aliphatic carbocycles. The fraction of sp³-hybridized carbons (Fsp3) is 0.364. The standard InChI is InChI=1S/C11H14N3O2/c12-11(15)14(9-4-2-1-3-5-9)10-8-13-6-7-16-10/h1-4,10,13H,6-8H2,(H2,12,15). The third-order valence-corrected chi connectivity index (χ3v) is 2.39. The van der Waals surface area contributed by atoms with E-state index in [0.29, 0.717) is 18.8 Å². The summed E-state index contributed by atoms with van der Waals surface area (Å²) in [6, 6.07) is 9.62. The van der Waals surface area contributed by atoms with Crippen molar-refractivity contribution in [2.75, 3.05) is 24.6 Å². The minimum atomic E-state index is -0.531. The number of para-hydroxylation sites is 1. The first-order chi connectivity index (χ1) is 7.79. The number of carbonyl (C=O) groups is 1. The van der Waals surface area contributed by atoms with Gasteiger partial charge in [-0.1, -0.05) is 18.2 Å². The topological polar surface area (TPSA) is 67.6 Å². The number of ether oxygens (including phenoxy) is 1. The molecule has 1 atom stereocenters. The minimum absolute atomic E-state index is 0.357. The number of primary amides is 1. The predicted octanol–water partition coefficient (Wildman–Crippen LogP) is 0.318. The molecule has 5 heteroatoms. The Balaban J connectivity index is 2.20. The van der Waals surface area contributed by atoms with Gasteiger partial charge in [-0.3, -0.25) is 4.90 Å². The Labute approximate surface area is 94.2 Å². The van der Waals surface area contributed by atoms with Crippen molar-refractivity contribution in [1.82, 2.24) is 5.32 Å². The number of benzene rings is 1. The van der Waals surface area contributed by atoms with Gasteiger partial charge in [0.15, 0.2) is 6.23 Å². The van der Waals surface area contributed by atoms with Crippen LogP contribution in [0.4, 0.5) is 10.5 Å². The van der Waals surface area contributed by atoms with E-state index >= 15 is 0 Å². The highest BCUT2D eigenvalue weighted by Gasteiger charge is 2.25. The van der Waals surface area contributed by atoms with Gasteiger partial charge in [-0.2, -0.15) is 0 Å². The first-order valence-electron chi connectivity index (χ1n) is 5.17. The zero-order chi connectivity index (χ0) is 11.4. The van der Waals surface area contributed by atoms with Crippen molar-refractivity contribution in [3.8, 4) is 0 Å². The maximum absolute atomic E-state index is 11.4. The first-order valence-corrected chi connectivity index (χ1v) is 5.17. The van der Waals surface area contributed by atoms with Gasteiger partial charge in [0, 0.05) is 19.2 Å². The lowest BCUT2D eigenvalue weighted by atomic mass is 10.2. The summed E-state index contributed by atoms with van der Waals surface area (Å²) < 4.78 is 5.50. The van der Waals surface area contributed by atoms with E-state index in [1.807, 2.05) is 12.1 Å². The second-order valence-corrected chi connectivity index (χ2v) is 3.49. The molecule has 85 valence electrons. The quantitative estimate of drug-likeness (QED) is 0.754. The zero-order valence-electron chi connectivity index (χ0n) is 8.85. The molecule has 1 aliphatic heterocycles. The van der Waals surface area contributed by atoms with Gasteiger partial charge in [0.25, 0.3) is 0 Å². The second-order valence-electron chi connectivity index (χ2n) is 3.49. The molecular formula is C11H14N3O2. The van der Waals surface area contributed by atoms with E-state index in [2.05, 4.69) is 11.4 Å². The summed E-state index contributed by atoms with van der Waals surface area (Å²) in [4.78, 5) is 12.8. The minimum Gasteiger partial charge on any atom is -0.355 e. The largest absolute Gasteiger partial charge is 0.355 e. The summed E-state index contributed by atoms with van der Waals surface area (Å²) in [7, 11) is 0. The lowest BCUT2D eigenvalue weighted by Crippen LogP contribution is -2.53. The number of hydrogen-bond acceptors (Lipinski definition) is 3. The molecule has 5 nitrogen and oxygen atoms in total. The molecule has 0 spiro atoms. The monoisotopic (exact) mass is 220 g/mol. The van der Waals surface area contributed by atoms with Gasteiger partial charge in [0.05, 0.1) is 12.3 Å². The van der Waals surface area contributed by atoms with Crippen LogP contribution in [0.3, 0.4) is 0 Å². The molecule has 2 rings (SSSR count). The maximum Gasteiger partial charge on any atom is 0.321 e. The zero-order valence-corrected chi connectivity index (χ0v) is 8.85. The van der Waals surface area contributed by atoms with Crippen LogP contribution < -0.4 is 16.0 Å². The van der Waals surface area contributed by atoms with Crippen LogP contribution in [0.15, 0.2) is 24.3 Å². The maximum atomic E-state index is 11.4. The number of carbonyl (C=O) groups excluding carboxylic acids is 1. The van der Waals surface area contributed by atoms with E-state index in [1.165, 1.54) is 4.90 Å². The fourth-order valence-corrected chi connectivity index (χ4v) is 1.67. The highest BCUT2D eigenvalue weighted by molar-refractivity contribution is 5.90. The molecule has 1 radical (unpaired) electrons.